The van der Waals surface area contributed by atoms with Gasteiger partial charge in [-0.3, -0.25) is 4.55 Å². The first-order valence-corrected chi connectivity index (χ1v) is 4.94. The van der Waals surface area contributed by atoms with E-state index in [4.69, 9.17) is 16.2 Å². The van der Waals surface area contributed by atoms with Gasteiger partial charge in [0, 0.05) is 6.20 Å². The predicted molar refractivity (Wildman–Crippen MR) is 45.6 cm³/mol. The molecule has 0 fully saturated rings. The lowest BCUT2D eigenvalue weighted by molar-refractivity contribution is 0.259. The number of rotatable bonds is 3. The average Bonchev–Trinajstić information content (AvgIpc) is 2.02. The molecule has 0 spiro atoms. The molecule has 0 radical (unpaired) electrons. The van der Waals surface area contributed by atoms with Crippen molar-refractivity contribution in [1.82, 2.24) is 4.98 Å². The van der Waals surface area contributed by atoms with Crippen molar-refractivity contribution in [3.63, 3.8) is 0 Å². The summed E-state index contributed by atoms with van der Waals surface area (Å²) in [5.41, 5.74) is 0.502. The molecule has 1 aromatic heterocycles. The van der Waals surface area contributed by atoms with Crippen molar-refractivity contribution in [2.75, 3.05) is 0 Å². The number of nitrogens with zero attached hydrogens (tertiary/aromatic N) is 1. The summed E-state index contributed by atoms with van der Waals surface area (Å²) in [7, 11) is -4.39. The summed E-state index contributed by atoms with van der Waals surface area (Å²) in [5, 5.41) is 0.301. The van der Waals surface area contributed by atoms with Crippen molar-refractivity contribution in [1.29, 1.82) is 0 Å². The Bertz CT molecular complexity index is 374. The van der Waals surface area contributed by atoms with E-state index in [2.05, 4.69) is 9.17 Å². The molecule has 1 rings (SSSR count). The fraction of sp³-hybridized carbons (Fsp3) is 0.167. The van der Waals surface area contributed by atoms with Gasteiger partial charge in [0.05, 0.1) is 6.61 Å². The normalized spacial score (nSPS) is 11.5. The fourth-order valence-corrected chi connectivity index (χ4v) is 1.03. The van der Waals surface area contributed by atoms with E-state index in [-0.39, 0.29) is 6.61 Å². The topological polar surface area (TPSA) is 76.5 Å². The van der Waals surface area contributed by atoms with Gasteiger partial charge in [-0.25, -0.2) is 9.17 Å². The zero-order valence-corrected chi connectivity index (χ0v) is 7.92. The largest absolute Gasteiger partial charge is 0.397 e. The van der Waals surface area contributed by atoms with Gasteiger partial charge < -0.3 is 0 Å². The highest BCUT2D eigenvalue weighted by atomic mass is 35.5. The van der Waals surface area contributed by atoms with Crippen LogP contribution in [-0.2, 0) is 21.2 Å². The summed E-state index contributed by atoms with van der Waals surface area (Å²) in [6.07, 6.45) is 1.35. The van der Waals surface area contributed by atoms with Crippen LogP contribution in [0, 0.1) is 0 Å². The Balaban J connectivity index is 2.61. The van der Waals surface area contributed by atoms with Gasteiger partial charge in [-0.15, -0.1) is 0 Å². The van der Waals surface area contributed by atoms with Crippen molar-refractivity contribution >= 4 is 22.0 Å². The van der Waals surface area contributed by atoms with Gasteiger partial charge in [0.25, 0.3) is 0 Å². The minimum atomic E-state index is -4.39. The van der Waals surface area contributed by atoms with Crippen molar-refractivity contribution in [2.24, 2.45) is 0 Å². The minimum absolute atomic E-state index is 0.261. The van der Waals surface area contributed by atoms with Crippen molar-refractivity contribution in [3.8, 4) is 0 Å². The first-order valence-electron chi connectivity index (χ1n) is 3.19. The molecular formula is C6H6ClNO4S. The summed E-state index contributed by atoms with van der Waals surface area (Å²) < 4.78 is 32.7. The Morgan fingerprint density at radius 1 is 1.54 bits per heavy atom. The van der Waals surface area contributed by atoms with E-state index in [1.807, 2.05) is 0 Å². The third-order valence-corrected chi connectivity index (χ3v) is 1.80. The van der Waals surface area contributed by atoms with Crippen LogP contribution in [0.3, 0.4) is 0 Å². The molecule has 0 aromatic carbocycles. The molecule has 13 heavy (non-hydrogen) atoms. The highest BCUT2D eigenvalue weighted by Crippen LogP contribution is 2.06. The lowest BCUT2D eigenvalue weighted by atomic mass is 10.3. The van der Waals surface area contributed by atoms with E-state index in [0.29, 0.717) is 10.7 Å². The molecule has 0 saturated carbocycles. The lowest BCUT2D eigenvalue weighted by Gasteiger charge is -1.99. The third kappa shape index (κ3) is 4.18. The van der Waals surface area contributed by atoms with Crippen LogP contribution >= 0.6 is 11.6 Å². The maximum Gasteiger partial charge on any atom is 0.397 e. The standard InChI is InChI=1S/C6H6ClNO4S/c7-6-2-1-5(3-8-6)4-12-13(9,10)11/h1-3H,4H2,(H,9,10,11). The number of hydrogen-bond donors (Lipinski definition) is 1. The van der Waals surface area contributed by atoms with Gasteiger partial charge in [-0.2, -0.15) is 8.42 Å². The molecule has 72 valence electrons. The minimum Gasteiger partial charge on any atom is -0.264 e. The molecule has 5 nitrogen and oxygen atoms in total. The van der Waals surface area contributed by atoms with Crippen LogP contribution < -0.4 is 0 Å². The van der Waals surface area contributed by atoms with Crippen molar-refractivity contribution in [3.05, 3.63) is 29.0 Å². The Labute approximate surface area is 80.3 Å². The summed E-state index contributed by atoms with van der Waals surface area (Å²) in [5.74, 6) is 0. The maximum atomic E-state index is 10.2. The first kappa shape index (κ1) is 10.4. The molecule has 0 amide bonds. The molecule has 1 aromatic rings. The van der Waals surface area contributed by atoms with Crippen LogP contribution in [-0.4, -0.2) is 18.0 Å². The molecule has 0 aliphatic heterocycles. The maximum absolute atomic E-state index is 10.2. The van der Waals surface area contributed by atoms with Gasteiger partial charge in [0.1, 0.15) is 5.15 Å². The highest BCUT2D eigenvalue weighted by Gasteiger charge is 2.04. The molecule has 0 saturated heterocycles. The summed E-state index contributed by atoms with van der Waals surface area (Å²) in [4.78, 5) is 3.69. The van der Waals surface area contributed by atoms with E-state index < -0.39 is 10.4 Å². The number of hydrogen-bond acceptors (Lipinski definition) is 4. The summed E-state index contributed by atoms with van der Waals surface area (Å²) in [6.45, 7) is -0.261. The van der Waals surface area contributed by atoms with Gasteiger partial charge in [0.2, 0.25) is 0 Å². The molecule has 1 N–H and O–H groups in total. The fourth-order valence-electron chi connectivity index (χ4n) is 0.634. The van der Waals surface area contributed by atoms with E-state index in [1.165, 1.54) is 12.3 Å². The van der Waals surface area contributed by atoms with Crippen LogP contribution in [0.1, 0.15) is 5.56 Å². The Hall–Kier alpha value is -0.690. The molecule has 0 atom stereocenters. The third-order valence-electron chi connectivity index (χ3n) is 1.16. The van der Waals surface area contributed by atoms with E-state index >= 15 is 0 Å². The number of halogens is 1. The van der Waals surface area contributed by atoms with Gasteiger partial charge >= 0.3 is 10.4 Å². The van der Waals surface area contributed by atoms with Gasteiger partial charge in [0.15, 0.2) is 0 Å². The average molecular weight is 224 g/mol. The van der Waals surface area contributed by atoms with Crippen LogP contribution in [0.5, 0.6) is 0 Å². The van der Waals surface area contributed by atoms with E-state index in [0.717, 1.165) is 0 Å². The number of aromatic nitrogens is 1. The molecular weight excluding hydrogens is 218 g/mol. The molecule has 1 heterocycles. The van der Waals surface area contributed by atoms with Crippen LogP contribution in [0.15, 0.2) is 18.3 Å². The van der Waals surface area contributed by atoms with Crippen LogP contribution in [0.25, 0.3) is 0 Å². The van der Waals surface area contributed by atoms with E-state index in [1.54, 1.807) is 6.07 Å². The predicted octanol–water partition coefficient (Wildman–Crippen LogP) is 1.05. The Morgan fingerprint density at radius 2 is 2.23 bits per heavy atom. The quantitative estimate of drug-likeness (QED) is 0.612. The first-order chi connectivity index (χ1) is 5.97. The monoisotopic (exact) mass is 223 g/mol. The molecule has 7 heteroatoms. The van der Waals surface area contributed by atoms with Crippen LogP contribution in [0.4, 0.5) is 0 Å². The zero-order chi connectivity index (χ0) is 9.90. The Morgan fingerprint density at radius 3 is 2.69 bits per heavy atom. The second kappa shape index (κ2) is 4.01. The SMILES string of the molecule is O=S(=O)(O)OCc1ccc(Cl)nc1. The molecule has 0 unspecified atom stereocenters. The summed E-state index contributed by atoms with van der Waals surface area (Å²) >= 11 is 5.48. The molecule has 0 aliphatic carbocycles. The van der Waals surface area contributed by atoms with Crippen LogP contribution in [0.2, 0.25) is 5.15 Å². The smallest absolute Gasteiger partial charge is 0.264 e. The summed E-state index contributed by atoms with van der Waals surface area (Å²) in [6, 6.07) is 3.03. The molecule has 0 aliphatic rings. The Kier molecular flexibility index (Phi) is 3.21. The molecule has 0 bridgehead atoms. The number of pyridine rings is 1. The highest BCUT2D eigenvalue weighted by molar-refractivity contribution is 7.80. The lowest BCUT2D eigenvalue weighted by Crippen LogP contribution is -2.03. The van der Waals surface area contributed by atoms with Gasteiger partial charge in [-0.05, 0) is 11.6 Å². The van der Waals surface area contributed by atoms with Gasteiger partial charge in [-0.1, -0.05) is 17.7 Å². The zero-order valence-electron chi connectivity index (χ0n) is 6.34. The van der Waals surface area contributed by atoms with Crippen molar-refractivity contribution < 1.29 is 17.2 Å². The second-order valence-electron chi connectivity index (χ2n) is 2.18. The second-order valence-corrected chi connectivity index (χ2v) is 3.66. The van der Waals surface area contributed by atoms with Crippen molar-refractivity contribution in [2.45, 2.75) is 6.61 Å². The van der Waals surface area contributed by atoms with E-state index in [9.17, 15) is 8.42 Å².